The van der Waals surface area contributed by atoms with Gasteiger partial charge in [-0.3, -0.25) is 9.89 Å². The maximum Gasteiger partial charge on any atom is 0.223 e. The number of nitrogens with zero attached hydrogens (tertiary/aromatic N) is 1. The molecule has 0 bridgehead atoms. The number of amides is 1. The van der Waals surface area contributed by atoms with Gasteiger partial charge in [0.2, 0.25) is 5.91 Å². The zero-order valence-corrected chi connectivity index (χ0v) is 20.4. The Morgan fingerprint density at radius 3 is 2.50 bits per heavy atom. The van der Waals surface area contributed by atoms with Crippen molar-refractivity contribution in [3.05, 3.63) is 77.9 Å². The van der Waals surface area contributed by atoms with E-state index in [0.717, 1.165) is 58.8 Å². The van der Waals surface area contributed by atoms with Crippen LogP contribution in [0.1, 0.15) is 42.9 Å². The summed E-state index contributed by atoms with van der Waals surface area (Å²) in [7, 11) is 0. The van der Waals surface area contributed by atoms with Crippen molar-refractivity contribution in [2.24, 2.45) is 17.6 Å². The van der Waals surface area contributed by atoms with Crippen molar-refractivity contribution in [1.82, 2.24) is 15.5 Å². The van der Waals surface area contributed by atoms with Gasteiger partial charge in [-0.25, -0.2) is 0 Å². The number of hydrogen-bond acceptors (Lipinski definition) is 5. The summed E-state index contributed by atoms with van der Waals surface area (Å²) in [6, 6.07) is 22.1. The smallest absolute Gasteiger partial charge is 0.223 e. The first-order valence-corrected chi connectivity index (χ1v) is 12.7. The summed E-state index contributed by atoms with van der Waals surface area (Å²) in [6.45, 7) is 0.702. The van der Waals surface area contributed by atoms with Crippen molar-refractivity contribution < 1.29 is 4.79 Å². The van der Waals surface area contributed by atoms with Gasteiger partial charge >= 0.3 is 0 Å². The fourth-order valence-electron chi connectivity index (χ4n) is 5.32. The van der Waals surface area contributed by atoms with E-state index in [2.05, 4.69) is 33.7 Å². The monoisotopic (exact) mass is 482 g/mol. The molecule has 1 unspecified atom stereocenters. The molecule has 1 heterocycles. The predicted octanol–water partition coefficient (Wildman–Crippen LogP) is 4.56. The Bertz CT molecular complexity index is 1340. The van der Waals surface area contributed by atoms with Crippen LogP contribution in [0.25, 0.3) is 22.0 Å². The number of rotatable bonds is 7. The first kappa shape index (κ1) is 23.9. The summed E-state index contributed by atoms with van der Waals surface area (Å²) >= 11 is 0. The number of hydrogen-bond donors (Lipinski definition) is 5. The third-order valence-corrected chi connectivity index (χ3v) is 7.46. The fourth-order valence-corrected chi connectivity index (χ4v) is 5.32. The lowest BCUT2D eigenvalue weighted by Gasteiger charge is -2.29. The first-order chi connectivity index (χ1) is 17.5. The zero-order valence-electron chi connectivity index (χ0n) is 20.4. The standard InChI is InChI=1S/C29H34N6O/c30-17-19-6-8-20(9-7-19)29(36)33-26(12-18-4-2-1-3-5-18)23-13-22(14-24(31)15-23)21-10-11-25-27(16-21)34-35-28(25)32/h1-5,10-11,13-16,19-20,26H,6-9,12,17,30-31H2,(H,33,36)(H3,32,34,35). The summed E-state index contributed by atoms with van der Waals surface area (Å²) in [5.41, 5.74) is 23.8. The predicted molar refractivity (Wildman–Crippen MR) is 146 cm³/mol. The minimum absolute atomic E-state index is 0.0276. The molecule has 1 aromatic heterocycles. The van der Waals surface area contributed by atoms with Crippen molar-refractivity contribution in [3.8, 4) is 11.1 Å². The summed E-state index contributed by atoms with van der Waals surface area (Å²) in [4.78, 5) is 13.4. The minimum atomic E-state index is -0.194. The van der Waals surface area contributed by atoms with E-state index in [0.29, 0.717) is 30.4 Å². The molecule has 1 aliphatic carbocycles. The lowest BCUT2D eigenvalue weighted by atomic mass is 9.81. The van der Waals surface area contributed by atoms with Crippen LogP contribution in [0, 0.1) is 11.8 Å². The lowest BCUT2D eigenvalue weighted by molar-refractivity contribution is -0.127. The van der Waals surface area contributed by atoms with Crippen LogP contribution in [-0.4, -0.2) is 22.6 Å². The number of nitrogens with one attached hydrogen (secondary N) is 2. The fraction of sp³-hybridized carbons (Fsp3) is 0.310. The highest BCUT2D eigenvalue weighted by molar-refractivity contribution is 5.92. The number of nitrogen functional groups attached to an aromatic ring is 2. The number of carbonyl (C=O) groups is 1. The molecule has 4 aromatic rings. The molecule has 1 atom stereocenters. The van der Waals surface area contributed by atoms with E-state index >= 15 is 0 Å². The van der Waals surface area contributed by atoms with E-state index in [-0.39, 0.29) is 17.9 Å². The molecule has 0 radical (unpaired) electrons. The number of benzene rings is 3. The van der Waals surface area contributed by atoms with Crippen LogP contribution in [0.15, 0.2) is 66.7 Å². The summed E-state index contributed by atoms with van der Waals surface area (Å²) in [5, 5.41) is 11.3. The Balaban J connectivity index is 1.45. The second-order valence-corrected chi connectivity index (χ2v) is 9.96. The Morgan fingerprint density at radius 1 is 0.972 bits per heavy atom. The van der Waals surface area contributed by atoms with Gasteiger partial charge in [0, 0.05) is 17.0 Å². The van der Waals surface area contributed by atoms with Gasteiger partial charge in [-0.1, -0.05) is 36.4 Å². The quantitative estimate of drug-likeness (QED) is 0.246. The van der Waals surface area contributed by atoms with Crippen molar-refractivity contribution in [3.63, 3.8) is 0 Å². The Morgan fingerprint density at radius 2 is 1.75 bits per heavy atom. The topological polar surface area (TPSA) is 136 Å². The van der Waals surface area contributed by atoms with E-state index < -0.39 is 0 Å². The number of anilines is 2. The highest BCUT2D eigenvalue weighted by Gasteiger charge is 2.28. The molecular weight excluding hydrogens is 448 g/mol. The van der Waals surface area contributed by atoms with E-state index in [4.69, 9.17) is 17.2 Å². The molecule has 3 aromatic carbocycles. The van der Waals surface area contributed by atoms with Gasteiger partial charge in [-0.2, -0.15) is 5.10 Å². The number of carbonyl (C=O) groups excluding carboxylic acids is 1. The zero-order chi connectivity index (χ0) is 25.1. The minimum Gasteiger partial charge on any atom is -0.399 e. The normalized spacial score (nSPS) is 18.7. The van der Waals surface area contributed by atoms with Crippen LogP contribution in [0.2, 0.25) is 0 Å². The molecule has 7 nitrogen and oxygen atoms in total. The summed E-state index contributed by atoms with van der Waals surface area (Å²) < 4.78 is 0. The van der Waals surface area contributed by atoms with Gasteiger partial charge in [-0.05, 0) is 97.2 Å². The van der Waals surface area contributed by atoms with Crippen LogP contribution in [-0.2, 0) is 11.2 Å². The van der Waals surface area contributed by atoms with Crippen LogP contribution in [0.5, 0.6) is 0 Å². The molecule has 7 heteroatoms. The van der Waals surface area contributed by atoms with Gasteiger partial charge in [0.1, 0.15) is 0 Å². The SMILES string of the molecule is NCC1CCC(C(=O)NC(Cc2ccccc2)c2cc(N)cc(-c3ccc4c(N)n[nH]c4c3)c2)CC1. The van der Waals surface area contributed by atoms with E-state index in [1.807, 2.05) is 48.5 Å². The number of nitrogens with two attached hydrogens (primary N) is 3. The third-order valence-electron chi connectivity index (χ3n) is 7.46. The molecule has 8 N–H and O–H groups in total. The Labute approximate surface area is 211 Å². The Hall–Kier alpha value is -3.84. The van der Waals surface area contributed by atoms with Gasteiger partial charge in [-0.15, -0.1) is 0 Å². The van der Waals surface area contributed by atoms with Gasteiger partial charge < -0.3 is 22.5 Å². The molecule has 5 rings (SSSR count). The molecule has 1 saturated carbocycles. The first-order valence-electron chi connectivity index (χ1n) is 12.7. The van der Waals surface area contributed by atoms with Crippen LogP contribution in [0.4, 0.5) is 11.5 Å². The van der Waals surface area contributed by atoms with Crippen LogP contribution >= 0.6 is 0 Å². The molecule has 1 fully saturated rings. The van der Waals surface area contributed by atoms with Crippen molar-refractivity contribution in [2.45, 2.75) is 38.1 Å². The van der Waals surface area contributed by atoms with E-state index in [9.17, 15) is 4.79 Å². The summed E-state index contributed by atoms with van der Waals surface area (Å²) in [5.74, 6) is 1.16. The van der Waals surface area contributed by atoms with Crippen LogP contribution < -0.4 is 22.5 Å². The number of aromatic amines is 1. The second-order valence-electron chi connectivity index (χ2n) is 9.96. The number of aromatic nitrogens is 2. The maximum atomic E-state index is 13.4. The van der Waals surface area contributed by atoms with E-state index in [1.54, 1.807) is 0 Å². The molecule has 0 spiro atoms. The van der Waals surface area contributed by atoms with Crippen molar-refractivity contribution >= 4 is 28.3 Å². The van der Waals surface area contributed by atoms with Crippen LogP contribution in [0.3, 0.4) is 0 Å². The van der Waals surface area contributed by atoms with Gasteiger partial charge in [0.15, 0.2) is 5.82 Å². The van der Waals surface area contributed by atoms with E-state index in [1.165, 1.54) is 0 Å². The third kappa shape index (κ3) is 5.21. The van der Waals surface area contributed by atoms with Crippen molar-refractivity contribution in [2.75, 3.05) is 18.0 Å². The largest absolute Gasteiger partial charge is 0.399 e. The molecule has 36 heavy (non-hydrogen) atoms. The average Bonchev–Trinajstić information content (AvgIpc) is 3.28. The maximum absolute atomic E-state index is 13.4. The number of fused-ring (bicyclic) bond motifs is 1. The number of H-pyrrole nitrogens is 1. The highest BCUT2D eigenvalue weighted by Crippen LogP contribution is 2.32. The summed E-state index contributed by atoms with van der Waals surface area (Å²) in [6.07, 6.45) is 4.49. The molecule has 1 aliphatic rings. The molecule has 186 valence electrons. The molecule has 0 aliphatic heterocycles. The van der Waals surface area contributed by atoms with Gasteiger partial charge in [0.25, 0.3) is 0 Å². The molecule has 1 amide bonds. The average molecular weight is 483 g/mol. The Kier molecular flexibility index (Phi) is 6.91. The van der Waals surface area contributed by atoms with Gasteiger partial charge in [0.05, 0.1) is 11.6 Å². The second kappa shape index (κ2) is 10.4. The van der Waals surface area contributed by atoms with Crippen molar-refractivity contribution in [1.29, 1.82) is 0 Å². The lowest BCUT2D eigenvalue weighted by Crippen LogP contribution is -2.37. The molecule has 0 saturated heterocycles. The molecular formula is C29H34N6O. The highest BCUT2D eigenvalue weighted by atomic mass is 16.1.